The second-order valence-electron chi connectivity index (χ2n) is 6.27. The molecule has 2 heterocycles. The van der Waals surface area contributed by atoms with Crippen molar-refractivity contribution in [2.24, 2.45) is 7.05 Å². The third-order valence-electron chi connectivity index (χ3n) is 4.39. The molecule has 6 heteroatoms. The Labute approximate surface area is 141 Å². The van der Waals surface area contributed by atoms with E-state index in [1.54, 1.807) is 0 Å². The number of carboxylic acids is 1. The molecule has 3 rings (SSSR count). The average molecular weight is 329 g/mol. The molecule has 1 fully saturated rings. The fourth-order valence-electron chi connectivity index (χ4n) is 3.39. The van der Waals surface area contributed by atoms with Gasteiger partial charge in [0.05, 0.1) is 11.7 Å². The molecule has 0 bridgehead atoms. The van der Waals surface area contributed by atoms with Crippen molar-refractivity contribution >= 4 is 5.97 Å². The van der Waals surface area contributed by atoms with Crippen LogP contribution in [0.3, 0.4) is 0 Å². The van der Waals surface area contributed by atoms with Gasteiger partial charge in [-0.25, -0.2) is 9.78 Å². The van der Waals surface area contributed by atoms with Crippen LogP contribution < -0.4 is 4.74 Å². The number of likely N-dealkylation sites (tertiary alicyclic amines) is 1. The van der Waals surface area contributed by atoms with E-state index in [9.17, 15) is 4.79 Å². The molecule has 1 aliphatic heterocycles. The van der Waals surface area contributed by atoms with Crippen LogP contribution in [0.1, 0.15) is 36.0 Å². The van der Waals surface area contributed by atoms with Crippen molar-refractivity contribution in [3.8, 4) is 5.75 Å². The maximum atomic E-state index is 10.8. The van der Waals surface area contributed by atoms with Gasteiger partial charge in [0.15, 0.2) is 6.61 Å². The molecule has 0 spiro atoms. The number of aliphatic carboxylic acids is 1. The number of imidazole rings is 1. The first-order valence-corrected chi connectivity index (χ1v) is 8.21. The second kappa shape index (κ2) is 7.05. The molecule has 1 aromatic heterocycles. The predicted octanol–water partition coefficient (Wildman–Crippen LogP) is 2.53. The van der Waals surface area contributed by atoms with Crippen molar-refractivity contribution in [3.05, 3.63) is 47.5 Å². The van der Waals surface area contributed by atoms with Crippen molar-refractivity contribution in [2.75, 3.05) is 13.2 Å². The summed E-state index contributed by atoms with van der Waals surface area (Å²) in [6.45, 7) is 3.42. The molecule has 2 aromatic rings. The number of rotatable bonds is 6. The van der Waals surface area contributed by atoms with Crippen LogP contribution >= 0.6 is 0 Å². The number of aromatic nitrogens is 2. The summed E-state index contributed by atoms with van der Waals surface area (Å²) in [7, 11) is 2.04. The summed E-state index contributed by atoms with van der Waals surface area (Å²) in [5.74, 6) is 0.767. The zero-order valence-corrected chi connectivity index (χ0v) is 14.1. The van der Waals surface area contributed by atoms with E-state index < -0.39 is 5.97 Å². The van der Waals surface area contributed by atoms with Crippen LogP contribution in [0.2, 0.25) is 0 Å². The zero-order chi connectivity index (χ0) is 17.1. The van der Waals surface area contributed by atoms with E-state index in [1.165, 1.54) is 0 Å². The van der Waals surface area contributed by atoms with Gasteiger partial charge in [-0.15, -0.1) is 0 Å². The molecule has 1 unspecified atom stereocenters. The van der Waals surface area contributed by atoms with E-state index in [4.69, 9.17) is 9.84 Å². The lowest BCUT2D eigenvalue weighted by Crippen LogP contribution is -2.25. The van der Waals surface area contributed by atoms with E-state index in [2.05, 4.69) is 20.6 Å². The molecule has 24 heavy (non-hydrogen) atoms. The van der Waals surface area contributed by atoms with Crippen molar-refractivity contribution in [1.29, 1.82) is 0 Å². The Bertz CT molecular complexity index is 726. The standard InChI is InChI=1S/C18H23N3O3/c1-13-10-20(2)18(19-13)15-7-5-9-21(15)11-14-6-3-4-8-16(14)24-12-17(22)23/h3-4,6,8,10,15H,5,7,9,11-12H2,1-2H3,(H,22,23). The van der Waals surface area contributed by atoms with Crippen LogP contribution in [0, 0.1) is 6.92 Å². The summed E-state index contributed by atoms with van der Waals surface area (Å²) in [5, 5.41) is 8.83. The molecule has 1 aliphatic rings. The van der Waals surface area contributed by atoms with E-state index in [-0.39, 0.29) is 12.6 Å². The van der Waals surface area contributed by atoms with Crippen LogP contribution in [-0.4, -0.2) is 38.7 Å². The van der Waals surface area contributed by atoms with Crippen molar-refractivity contribution < 1.29 is 14.6 Å². The lowest BCUT2D eigenvalue weighted by atomic mass is 10.1. The number of ether oxygens (including phenoxy) is 1. The quantitative estimate of drug-likeness (QED) is 0.882. The maximum absolute atomic E-state index is 10.8. The predicted molar refractivity (Wildman–Crippen MR) is 89.9 cm³/mol. The van der Waals surface area contributed by atoms with Gasteiger partial charge in [0.2, 0.25) is 0 Å². The van der Waals surface area contributed by atoms with Gasteiger partial charge in [-0.3, -0.25) is 4.90 Å². The Kier molecular flexibility index (Phi) is 4.85. The molecule has 1 aromatic carbocycles. The van der Waals surface area contributed by atoms with Crippen LogP contribution in [0.4, 0.5) is 0 Å². The van der Waals surface area contributed by atoms with E-state index >= 15 is 0 Å². The minimum atomic E-state index is -0.965. The molecule has 0 aliphatic carbocycles. The first kappa shape index (κ1) is 16.5. The number of para-hydroxylation sites is 1. The van der Waals surface area contributed by atoms with Crippen molar-refractivity contribution in [2.45, 2.75) is 32.4 Å². The van der Waals surface area contributed by atoms with Gasteiger partial charge in [0, 0.05) is 25.4 Å². The van der Waals surface area contributed by atoms with Gasteiger partial charge in [-0.1, -0.05) is 18.2 Å². The minimum Gasteiger partial charge on any atom is -0.482 e. The van der Waals surface area contributed by atoms with Crippen molar-refractivity contribution in [1.82, 2.24) is 14.5 Å². The van der Waals surface area contributed by atoms with Gasteiger partial charge < -0.3 is 14.4 Å². The third-order valence-corrected chi connectivity index (χ3v) is 4.39. The summed E-state index contributed by atoms with van der Waals surface area (Å²) in [4.78, 5) is 17.8. The lowest BCUT2D eigenvalue weighted by Gasteiger charge is -2.25. The number of carbonyl (C=O) groups is 1. The number of hydrogen-bond acceptors (Lipinski definition) is 4. The first-order chi connectivity index (χ1) is 11.5. The molecule has 6 nitrogen and oxygen atoms in total. The first-order valence-electron chi connectivity index (χ1n) is 8.21. The average Bonchev–Trinajstić information content (AvgIpc) is 3.12. The van der Waals surface area contributed by atoms with Crippen LogP contribution in [0.5, 0.6) is 5.75 Å². The molecule has 0 amide bonds. The molecular formula is C18H23N3O3. The lowest BCUT2D eigenvalue weighted by molar-refractivity contribution is -0.139. The fourth-order valence-corrected chi connectivity index (χ4v) is 3.39. The number of aryl methyl sites for hydroxylation is 2. The largest absolute Gasteiger partial charge is 0.482 e. The smallest absolute Gasteiger partial charge is 0.341 e. The summed E-state index contributed by atoms with van der Waals surface area (Å²) >= 11 is 0. The number of nitrogens with zero attached hydrogens (tertiary/aromatic N) is 3. The molecule has 1 N–H and O–H groups in total. The molecular weight excluding hydrogens is 306 g/mol. The van der Waals surface area contributed by atoms with Gasteiger partial charge >= 0.3 is 5.97 Å². The van der Waals surface area contributed by atoms with Gasteiger partial charge in [-0.2, -0.15) is 0 Å². The second-order valence-corrected chi connectivity index (χ2v) is 6.27. The summed E-state index contributed by atoms with van der Waals surface area (Å²) < 4.78 is 7.53. The highest BCUT2D eigenvalue weighted by atomic mass is 16.5. The maximum Gasteiger partial charge on any atom is 0.341 e. The number of benzene rings is 1. The number of hydrogen-bond donors (Lipinski definition) is 1. The van der Waals surface area contributed by atoms with E-state index in [0.29, 0.717) is 5.75 Å². The summed E-state index contributed by atoms with van der Waals surface area (Å²) in [6.07, 6.45) is 4.27. The molecule has 1 saturated heterocycles. The molecule has 0 saturated carbocycles. The van der Waals surface area contributed by atoms with Crippen LogP contribution in [-0.2, 0) is 18.4 Å². The molecule has 1 atom stereocenters. The van der Waals surface area contributed by atoms with Gasteiger partial charge in [0.1, 0.15) is 11.6 Å². The Morgan fingerprint density at radius 1 is 1.42 bits per heavy atom. The topological polar surface area (TPSA) is 67.6 Å². The fraction of sp³-hybridized carbons (Fsp3) is 0.444. The monoisotopic (exact) mass is 329 g/mol. The van der Waals surface area contributed by atoms with E-state index in [0.717, 1.165) is 43.0 Å². The Morgan fingerprint density at radius 2 is 2.21 bits per heavy atom. The Hall–Kier alpha value is -2.34. The Morgan fingerprint density at radius 3 is 2.92 bits per heavy atom. The van der Waals surface area contributed by atoms with E-state index in [1.807, 2.05) is 38.2 Å². The third kappa shape index (κ3) is 3.59. The normalized spacial score (nSPS) is 18.0. The highest BCUT2D eigenvalue weighted by Gasteiger charge is 2.29. The SMILES string of the molecule is Cc1cn(C)c(C2CCCN2Cc2ccccc2OCC(=O)O)n1. The van der Waals surface area contributed by atoms with Crippen molar-refractivity contribution in [3.63, 3.8) is 0 Å². The summed E-state index contributed by atoms with van der Waals surface area (Å²) in [6, 6.07) is 7.93. The molecule has 0 radical (unpaired) electrons. The van der Waals surface area contributed by atoms with Crippen LogP contribution in [0.15, 0.2) is 30.5 Å². The van der Waals surface area contributed by atoms with Crippen LogP contribution in [0.25, 0.3) is 0 Å². The highest BCUT2D eigenvalue weighted by Crippen LogP contribution is 2.33. The Balaban J connectivity index is 1.78. The van der Waals surface area contributed by atoms with Gasteiger partial charge in [0.25, 0.3) is 0 Å². The minimum absolute atomic E-state index is 0.288. The highest BCUT2D eigenvalue weighted by molar-refractivity contribution is 5.68. The van der Waals surface area contributed by atoms with Gasteiger partial charge in [-0.05, 0) is 32.4 Å². The summed E-state index contributed by atoms with van der Waals surface area (Å²) in [5.41, 5.74) is 2.04. The zero-order valence-electron chi connectivity index (χ0n) is 14.1. The molecule has 128 valence electrons. The number of carboxylic acid groups (broad SMARTS) is 1.